The molecule has 1 aliphatic rings. The van der Waals surface area contributed by atoms with E-state index < -0.39 is 0 Å². The molecule has 1 atom stereocenters. The van der Waals surface area contributed by atoms with Crippen LogP contribution in [0.3, 0.4) is 0 Å². The normalized spacial score (nSPS) is 18.7. The van der Waals surface area contributed by atoms with Gasteiger partial charge in [-0.2, -0.15) is 0 Å². The van der Waals surface area contributed by atoms with Crippen molar-refractivity contribution in [2.45, 2.75) is 51.2 Å². The minimum atomic E-state index is 0.262. The Labute approximate surface area is 103 Å². The van der Waals surface area contributed by atoms with Crippen molar-refractivity contribution in [2.24, 2.45) is 0 Å². The second-order valence-corrected chi connectivity index (χ2v) is 4.75. The molecule has 0 amide bonds. The average Bonchev–Trinajstić information content (AvgIpc) is 2.96. The highest BCUT2D eigenvalue weighted by atomic mass is 16.5. The number of nitrogens with one attached hydrogen (secondary N) is 1. The number of hydrogen-bond donors (Lipinski definition) is 1. The maximum absolute atomic E-state index is 5.09. The summed E-state index contributed by atoms with van der Waals surface area (Å²) in [6, 6.07) is 0.912. The minimum absolute atomic E-state index is 0.262. The molecule has 1 aromatic rings. The molecular weight excluding hydrogens is 216 g/mol. The second kappa shape index (κ2) is 6.12. The van der Waals surface area contributed by atoms with Crippen molar-refractivity contribution < 1.29 is 4.74 Å². The second-order valence-electron chi connectivity index (χ2n) is 4.75. The molecule has 1 heterocycles. The van der Waals surface area contributed by atoms with E-state index in [2.05, 4.69) is 27.0 Å². The fraction of sp³-hybridized carbons (Fsp3) is 0.833. The summed E-state index contributed by atoms with van der Waals surface area (Å²) in [6.45, 7) is 3.67. The molecule has 1 fully saturated rings. The molecule has 2 rings (SSSR count). The Morgan fingerprint density at radius 2 is 2.29 bits per heavy atom. The summed E-state index contributed by atoms with van der Waals surface area (Å²) >= 11 is 0. The molecule has 1 N–H and O–H groups in total. The molecule has 1 aliphatic carbocycles. The van der Waals surface area contributed by atoms with Crippen LogP contribution >= 0.6 is 0 Å². The number of rotatable bonds is 6. The van der Waals surface area contributed by atoms with Crippen molar-refractivity contribution >= 4 is 0 Å². The van der Waals surface area contributed by atoms with Crippen LogP contribution in [0.15, 0.2) is 6.33 Å². The Kier molecular flexibility index (Phi) is 4.50. The van der Waals surface area contributed by atoms with E-state index in [-0.39, 0.29) is 6.04 Å². The van der Waals surface area contributed by atoms with Crippen molar-refractivity contribution in [1.29, 1.82) is 0 Å². The molecule has 0 aromatic carbocycles. The topological polar surface area (TPSA) is 52.0 Å². The van der Waals surface area contributed by atoms with Crippen LogP contribution in [0.1, 0.15) is 44.5 Å². The van der Waals surface area contributed by atoms with Gasteiger partial charge in [0.1, 0.15) is 12.2 Å². The van der Waals surface area contributed by atoms with Gasteiger partial charge in [0.25, 0.3) is 0 Å². The van der Waals surface area contributed by atoms with Gasteiger partial charge >= 0.3 is 0 Å². The Balaban J connectivity index is 1.92. The molecule has 0 aliphatic heterocycles. The predicted octanol–water partition coefficient (Wildman–Crippen LogP) is 1.52. The van der Waals surface area contributed by atoms with Crippen LogP contribution in [0, 0.1) is 0 Å². The van der Waals surface area contributed by atoms with Gasteiger partial charge in [0, 0.05) is 19.7 Å². The molecule has 17 heavy (non-hydrogen) atoms. The van der Waals surface area contributed by atoms with E-state index in [1.54, 1.807) is 13.4 Å². The summed E-state index contributed by atoms with van der Waals surface area (Å²) in [5.74, 6) is 1.01. The van der Waals surface area contributed by atoms with Gasteiger partial charge in [-0.1, -0.05) is 12.8 Å². The molecule has 5 heteroatoms. The summed E-state index contributed by atoms with van der Waals surface area (Å²) in [6.07, 6.45) is 7.05. The number of ether oxygens (including phenoxy) is 1. The third-order valence-corrected chi connectivity index (χ3v) is 3.41. The van der Waals surface area contributed by atoms with Crippen LogP contribution in [-0.2, 0) is 11.3 Å². The van der Waals surface area contributed by atoms with Gasteiger partial charge in [0.15, 0.2) is 0 Å². The van der Waals surface area contributed by atoms with E-state index in [9.17, 15) is 0 Å². The van der Waals surface area contributed by atoms with Gasteiger partial charge in [-0.05, 0) is 19.8 Å². The van der Waals surface area contributed by atoms with E-state index in [1.165, 1.54) is 25.7 Å². The van der Waals surface area contributed by atoms with Gasteiger partial charge in [-0.25, -0.2) is 0 Å². The zero-order valence-electron chi connectivity index (χ0n) is 10.7. The maximum Gasteiger partial charge on any atom is 0.149 e. The van der Waals surface area contributed by atoms with E-state index in [0.717, 1.165) is 12.4 Å². The van der Waals surface area contributed by atoms with Gasteiger partial charge in [-0.3, -0.25) is 0 Å². The smallest absolute Gasteiger partial charge is 0.149 e. The highest BCUT2D eigenvalue weighted by molar-refractivity contribution is 4.95. The minimum Gasteiger partial charge on any atom is -0.383 e. The molecule has 1 saturated carbocycles. The van der Waals surface area contributed by atoms with Crippen LogP contribution in [0.25, 0.3) is 0 Å². The summed E-state index contributed by atoms with van der Waals surface area (Å²) < 4.78 is 7.15. The third-order valence-electron chi connectivity index (χ3n) is 3.41. The summed E-state index contributed by atoms with van der Waals surface area (Å²) in [5.41, 5.74) is 0. The quantitative estimate of drug-likeness (QED) is 0.816. The summed E-state index contributed by atoms with van der Waals surface area (Å²) in [4.78, 5) is 0. The Hall–Kier alpha value is -0.940. The van der Waals surface area contributed by atoms with Gasteiger partial charge in [0.05, 0.1) is 12.6 Å². The molecular formula is C12H22N4O. The lowest BCUT2D eigenvalue weighted by molar-refractivity contribution is 0.185. The molecule has 0 bridgehead atoms. The number of nitrogens with zero attached hydrogens (tertiary/aromatic N) is 3. The summed E-state index contributed by atoms with van der Waals surface area (Å²) in [5, 5.41) is 11.8. The van der Waals surface area contributed by atoms with E-state index >= 15 is 0 Å². The van der Waals surface area contributed by atoms with E-state index in [1.807, 2.05) is 0 Å². The first-order valence-corrected chi connectivity index (χ1v) is 6.44. The number of aromatic nitrogens is 3. The fourth-order valence-corrected chi connectivity index (χ4v) is 2.48. The molecule has 0 unspecified atom stereocenters. The first-order chi connectivity index (χ1) is 8.31. The lowest BCUT2D eigenvalue weighted by Crippen LogP contribution is -2.30. The van der Waals surface area contributed by atoms with Crippen LogP contribution in [0.5, 0.6) is 0 Å². The van der Waals surface area contributed by atoms with Crippen LogP contribution in [-0.4, -0.2) is 34.5 Å². The van der Waals surface area contributed by atoms with Crippen LogP contribution in [0.2, 0.25) is 0 Å². The lowest BCUT2D eigenvalue weighted by atomic mass is 10.2. The van der Waals surface area contributed by atoms with Gasteiger partial charge < -0.3 is 14.6 Å². The number of hydrogen-bond acceptors (Lipinski definition) is 4. The molecule has 0 radical (unpaired) electrons. The first-order valence-electron chi connectivity index (χ1n) is 6.44. The molecule has 5 nitrogen and oxygen atoms in total. The van der Waals surface area contributed by atoms with E-state index in [0.29, 0.717) is 12.6 Å². The van der Waals surface area contributed by atoms with Gasteiger partial charge in [0.2, 0.25) is 0 Å². The average molecular weight is 238 g/mol. The summed E-state index contributed by atoms with van der Waals surface area (Å²) in [7, 11) is 1.71. The SMILES string of the molecule is COCCn1cnnc1[C@H](C)NC1CCCC1. The maximum atomic E-state index is 5.09. The highest BCUT2D eigenvalue weighted by Crippen LogP contribution is 2.21. The Morgan fingerprint density at radius 1 is 1.53 bits per heavy atom. The van der Waals surface area contributed by atoms with Crippen molar-refractivity contribution in [1.82, 2.24) is 20.1 Å². The third kappa shape index (κ3) is 3.26. The Bertz CT molecular complexity index is 333. The van der Waals surface area contributed by atoms with Crippen molar-refractivity contribution in [2.75, 3.05) is 13.7 Å². The molecule has 96 valence electrons. The van der Waals surface area contributed by atoms with Crippen LogP contribution < -0.4 is 5.32 Å². The van der Waals surface area contributed by atoms with Crippen molar-refractivity contribution in [3.63, 3.8) is 0 Å². The van der Waals surface area contributed by atoms with Gasteiger partial charge in [-0.15, -0.1) is 10.2 Å². The van der Waals surface area contributed by atoms with Crippen molar-refractivity contribution in [3.8, 4) is 0 Å². The zero-order chi connectivity index (χ0) is 12.1. The largest absolute Gasteiger partial charge is 0.383 e. The monoisotopic (exact) mass is 238 g/mol. The predicted molar refractivity (Wildman–Crippen MR) is 65.7 cm³/mol. The lowest BCUT2D eigenvalue weighted by Gasteiger charge is -2.19. The number of methoxy groups -OCH3 is 1. The van der Waals surface area contributed by atoms with Crippen LogP contribution in [0.4, 0.5) is 0 Å². The molecule has 1 aromatic heterocycles. The molecule has 0 spiro atoms. The standard InChI is InChI=1S/C12H22N4O/c1-10(14-11-5-3-4-6-11)12-15-13-9-16(12)7-8-17-2/h9-11,14H,3-8H2,1-2H3/t10-/m0/s1. The Morgan fingerprint density at radius 3 is 3.00 bits per heavy atom. The zero-order valence-corrected chi connectivity index (χ0v) is 10.7. The van der Waals surface area contributed by atoms with Crippen molar-refractivity contribution in [3.05, 3.63) is 12.2 Å². The van der Waals surface area contributed by atoms with E-state index in [4.69, 9.17) is 4.74 Å². The first kappa shape index (κ1) is 12.5. The fourth-order valence-electron chi connectivity index (χ4n) is 2.48. The highest BCUT2D eigenvalue weighted by Gasteiger charge is 2.20. The molecule has 0 saturated heterocycles.